The molecule has 0 aliphatic heterocycles. The Balaban J connectivity index is -0.000000980. The van der Waals surface area contributed by atoms with Gasteiger partial charge in [0.15, 0.2) is 0 Å². The molecule has 2 N–H and O–H groups in total. The smallest absolute Gasteiger partial charge is 0.869 e. The Hall–Kier alpha value is 0.500. The van der Waals surface area contributed by atoms with Gasteiger partial charge in [-0.25, -0.2) is 4.79 Å². The summed E-state index contributed by atoms with van der Waals surface area (Å²) >= 11 is 0. The van der Waals surface area contributed by atoms with Crippen LogP contribution in [0.5, 0.6) is 0 Å². The van der Waals surface area contributed by atoms with E-state index in [2.05, 4.69) is 4.76 Å². The maximum atomic E-state index is 10.7. The van der Waals surface area contributed by atoms with Crippen molar-refractivity contribution in [3.05, 3.63) is 0 Å². The first-order chi connectivity index (χ1) is 6.69. The van der Waals surface area contributed by atoms with E-state index in [0.29, 0.717) is 0 Å². The number of hydrogen-bond acceptors (Lipinski definition) is 9. The average molecular weight is 273 g/mol. The van der Waals surface area contributed by atoms with Crippen molar-refractivity contribution >= 4 is 37.7 Å². The summed E-state index contributed by atoms with van der Waals surface area (Å²) in [7, 11) is -11.5. The Kier molecular flexibility index (Phi) is 12.6. The molecule has 0 fully saturated rings. The van der Waals surface area contributed by atoms with Gasteiger partial charge in [0.05, 0.1) is 7.32 Å². The fourth-order valence-corrected chi connectivity index (χ4v) is 1.91. The van der Waals surface area contributed by atoms with Crippen molar-refractivity contribution < 1.29 is 80.2 Å². The third kappa shape index (κ3) is 7.50. The Morgan fingerprint density at radius 1 is 1.29 bits per heavy atom. The Bertz CT molecular complexity index is 358. The molecule has 0 rings (SSSR count). The largest absolute Gasteiger partial charge is 1.00 e. The van der Waals surface area contributed by atoms with Crippen LogP contribution in [0.4, 0.5) is 0 Å². The minimum Gasteiger partial charge on any atom is -0.869 e. The zero-order valence-electron chi connectivity index (χ0n) is 8.61. The van der Waals surface area contributed by atoms with Crippen LogP contribution in [-0.2, 0) is 33.6 Å². The maximum Gasteiger partial charge on any atom is 1.00 e. The fourth-order valence-electron chi connectivity index (χ4n) is 0.299. The second kappa shape index (κ2) is 9.43. The van der Waals surface area contributed by atoms with E-state index >= 15 is 0 Å². The van der Waals surface area contributed by atoms with Crippen LogP contribution in [0, 0.1) is 0 Å². The molecule has 0 bridgehead atoms. The van der Waals surface area contributed by atoms with E-state index in [-0.39, 0.29) is 37.7 Å². The van der Waals surface area contributed by atoms with E-state index in [1.807, 2.05) is 0 Å². The van der Waals surface area contributed by atoms with Gasteiger partial charge in [-0.05, 0) is 4.89 Å². The summed E-state index contributed by atoms with van der Waals surface area (Å²) in [6.45, 7) is 0. The van der Waals surface area contributed by atoms with E-state index in [4.69, 9.17) is 5.11 Å². The van der Waals surface area contributed by atoms with Gasteiger partial charge in [-0.15, -0.1) is 0 Å². The topological polar surface area (TPSA) is 179 Å². The number of rotatable bonds is 4. The molecule has 0 spiro atoms. The van der Waals surface area contributed by atoms with E-state index in [0.717, 1.165) is 4.89 Å². The molecule has 0 saturated heterocycles. The summed E-state index contributed by atoms with van der Waals surface area (Å²) in [6.07, 6.45) is 0. The van der Waals surface area contributed by atoms with Crippen molar-refractivity contribution in [1.29, 1.82) is 0 Å². The van der Waals surface area contributed by atoms with Crippen LogP contribution in [0.15, 0.2) is 0 Å². The zero-order valence-corrected chi connectivity index (χ0v) is 10.2. The minimum atomic E-state index is -5.21. The van der Waals surface area contributed by atoms with Gasteiger partial charge in [0, 0.05) is 0 Å². The summed E-state index contributed by atoms with van der Waals surface area (Å²) in [5, 5.41) is 25.0. The third-order valence-corrected chi connectivity index (χ3v) is 3.93. The van der Waals surface area contributed by atoms with E-state index < -0.39 is 37.7 Å². The molecule has 0 heterocycles. The van der Waals surface area contributed by atoms with E-state index in [1.165, 1.54) is 0 Å². The first kappa shape index (κ1) is 22.7. The van der Waals surface area contributed by atoms with Crippen molar-refractivity contribution in [2.75, 3.05) is 0 Å². The van der Waals surface area contributed by atoms with Gasteiger partial charge >= 0.3 is 57.7 Å². The van der Waals surface area contributed by atoms with Gasteiger partial charge in [0.2, 0.25) is 10.4 Å². The molecule has 0 aliphatic carbocycles. The molecule has 0 aliphatic rings. The van der Waals surface area contributed by atoms with Gasteiger partial charge in [-0.3, -0.25) is 4.79 Å². The SMILES string of the molecule is O=C(O)C(=O)S(=O)(=O)[S+]([O-])NOB([O-])[O-].[Li+].[Li+]. The molecule has 17 heavy (non-hydrogen) atoms. The van der Waals surface area contributed by atoms with Crippen molar-refractivity contribution in [3.8, 4) is 0 Å². The minimum absolute atomic E-state index is 0. The van der Waals surface area contributed by atoms with Crippen LogP contribution < -0.4 is 52.7 Å². The predicted molar refractivity (Wildman–Crippen MR) is 39.7 cm³/mol. The summed E-state index contributed by atoms with van der Waals surface area (Å²) in [5.41, 5.74) is 0. The van der Waals surface area contributed by atoms with Crippen LogP contribution in [0.2, 0.25) is 0 Å². The van der Waals surface area contributed by atoms with Crippen molar-refractivity contribution in [2.45, 2.75) is 0 Å². The van der Waals surface area contributed by atoms with Crippen LogP contribution in [0.3, 0.4) is 0 Å². The first-order valence-corrected chi connectivity index (χ1v) is 6.02. The number of carboxylic acids is 1. The van der Waals surface area contributed by atoms with Gasteiger partial charge in [-0.1, -0.05) is 0 Å². The molecular weight excluding hydrogens is 271 g/mol. The Morgan fingerprint density at radius 2 is 1.71 bits per heavy atom. The molecule has 0 radical (unpaired) electrons. The molecule has 1 atom stereocenters. The number of carbonyl (C=O) groups excluding carboxylic acids is 1. The summed E-state index contributed by atoms with van der Waals surface area (Å²) < 4.78 is 35.4. The summed E-state index contributed by atoms with van der Waals surface area (Å²) in [6, 6.07) is 0. The summed E-state index contributed by atoms with van der Waals surface area (Å²) in [5.74, 6) is -2.36. The van der Waals surface area contributed by atoms with Gasteiger partial charge < -0.3 is 24.5 Å². The Morgan fingerprint density at radius 3 is 2.00 bits per heavy atom. The summed E-state index contributed by atoms with van der Waals surface area (Å²) in [4.78, 5) is 21.3. The molecule has 0 saturated carbocycles. The molecule has 0 aromatic heterocycles. The number of carbonyl (C=O) groups is 2. The number of carboxylic acid groups (broad SMARTS) is 1. The maximum absolute atomic E-state index is 10.7. The molecule has 0 aromatic rings. The van der Waals surface area contributed by atoms with Crippen LogP contribution in [-0.4, -0.2) is 36.5 Å². The van der Waals surface area contributed by atoms with Gasteiger partial charge in [0.25, 0.3) is 0 Å². The van der Waals surface area contributed by atoms with Crippen molar-refractivity contribution in [2.24, 2.45) is 0 Å². The van der Waals surface area contributed by atoms with Crippen LogP contribution in [0.1, 0.15) is 0 Å². The number of hydrogen-bond donors (Lipinski definition) is 2. The zero-order chi connectivity index (χ0) is 12.2. The van der Waals surface area contributed by atoms with E-state index in [9.17, 15) is 32.6 Å². The monoisotopic (exact) mass is 273 g/mol. The van der Waals surface area contributed by atoms with E-state index in [1.54, 1.807) is 0 Å². The quantitative estimate of drug-likeness (QED) is 0.164. The van der Waals surface area contributed by atoms with Gasteiger partial charge in [0.1, 0.15) is 0 Å². The molecule has 15 heteroatoms. The molecule has 0 aromatic carbocycles. The number of aliphatic carboxylic acids is 1. The van der Waals surface area contributed by atoms with Crippen LogP contribution in [0.25, 0.3) is 0 Å². The third-order valence-electron chi connectivity index (χ3n) is 0.813. The average Bonchev–Trinajstić information content (AvgIpc) is 2.12. The molecule has 10 nitrogen and oxygen atoms in total. The standard InChI is InChI=1S/C2H2BNO9S2.2Li/c5-1(6)2(7)15(11,12)14(10)4-13-3(8)9;;/h4H,(H,5,6);;/q-2;2*+1. The molecule has 86 valence electrons. The fraction of sp³-hybridized carbons (Fsp3) is 0. The van der Waals surface area contributed by atoms with Gasteiger partial charge in [-0.2, -0.15) is 8.42 Å². The van der Waals surface area contributed by atoms with Crippen molar-refractivity contribution in [1.82, 2.24) is 4.89 Å². The second-order valence-corrected chi connectivity index (χ2v) is 5.91. The number of nitrogens with one attached hydrogen (secondary N) is 1. The predicted octanol–water partition coefficient (Wildman–Crippen LogP) is -11.2. The van der Waals surface area contributed by atoms with Crippen molar-refractivity contribution in [3.63, 3.8) is 0 Å². The molecule has 0 amide bonds. The Labute approximate surface area is 122 Å². The second-order valence-electron chi connectivity index (χ2n) is 1.77. The van der Waals surface area contributed by atoms with Crippen LogP contribution >= 0.6 is 0 Å². The first-order valence-electron chi connectivity index (χ1n) is 2.87. The molecular formula is C2H2BLi2NO9S2. The molecule has 1 unspecified atom stereocenters. The normalized spacial score (nSPS) is 11.7.